The van der Waals surface area contributed by atoms with E-state index in [0.717, 1.165) is 0 Å². The van der Waals surface area contributed by atoms with Gasteiger partial charge in [0.2, 0.25) is 0 Å². The van der Waals surface area contributed by atoms with Gasteiger partial charge >= 0.3 is 5.97 Å². The Balaban J connectivity index is 1.96. The third-order valence-electron chi connectivity index (χ3n) is 4.94. The molecule has 170 valence electrons. The zero-order valence-corrected chi connectivity index (χ0v) is 18.2. The van der Waals surface area contributed by atoms with Gasteiger partial charge < -0.3 is 10.1 Å². The van der Waals surface area contributed by atoms with E-state index in [1.54, 1.807) is 61.5 Å². The topological polar surface area (TPSA) is 116 Å². The number of non-ortho nitro benzene ring substituents is 1. The first kappa shape index (κ1) is 22.4. The molecule has 0 aliphatic rings. The first-order chi connectivity index (χ1) is 16.5. The van der Waals surface area contributed by atoms with Crippen LogP contribution in [0.1, 0.15) is 27.8 Å². The van der Waals surface area contributed by atoms with Crippen LogP contribution < -0.4 is 5.32 Å². The lowest BCUT2D eigenvalue weighted by molar-refractivity contribution is -0.384. The Morgan fingerprint density at radius 3 is 2.32 bits per heavy atom. The number of nitro groups is 1. The predicted molar refractivity (Wildman–Crippen MR) is 126 cm³/mol. The second kappa shape index (κ2) is 9.78. The number of nitro benzene ring substituents is 1. The number of aromatic nitrogens is 2. The molecule has 4 aromatic rings. The van der Waals surface area contributed by atoms with Gasteiger partial charge in [0.25, 0.3) is 11.6 Å². The Bertz CT molecular complexity index is 1350. The van der Waals surface area contributed by atoms with Crippen LogP contribution in [0.2, 0.25) is 0 Å². The third-order valence-corrected chi connectivity index (χ3v) is 4.94. The lowest BCUT2D eigenvalue weighted by atomic mass is 10.0. The summed E-state index contributed by atoms with van der Waals surface area (Å²) >= 11 is 0. The van der Waals surface area contributed by atoms with Crippen molar-refractivity contribution in [2.24, 2.45) is 0 Å². The number of nitrogens with one attached hydrogen (secondary N) is 1. The van der Waals surface area contributed by atoms with Crippen LogP contribution in [0, 0.1) is 10.1 Å². The van der Waals surface area contributed by atoms with Crippen molar-refractivity contribution < 1.29 is 19.2 Å². The molecule has 0 saturated heterocycles. The first-order valence-electron chi connectivity index (χ1n) is 10.5. The molecule has 9 nitrogen and oxygen atoms in total. The zero-order valence-electron chi connectivity index (χ0n) is 18.2. The maximum absolute atomic E-state index is 13.2. The number of ether oxygens (including phenoxy) is 1. The summed E-state index contributed by atoms with van der Waals surface area (Å²) in [5, 5.41) is 18.5. The standard InChI is InChI=1S/C25H20N4O5/c1-2-34-25(31)21-22(24(30)26-18-12-7-4-8-13-18)27-28(23(21)17-10-5-3-6-11-17)19-14-9-15-20(16-19)29(32)33/h3-16H,2H2,1H3,(H,26,30). The van der Waals surface area contributed by atoms with Crippen LogP contribution in [0.3, 0.4) is 0 Å². The maximum Gasteiger partial charge on any atom is 0.342 e. The summed E-state index contributed by atoms with van der Waals surface area (Å²) < 4.78 is 6.62. The van der Waals surface area contributed by atoms with Crippen LogP contribution >= 0.6 is 0 Å². The van der Waals surface area contributed by atoms with Gasteiger partial charge in [-0.2, -0.15) is 5.10 Å². The Kier molecular flexibility index (Phi) is 6.45. The average molecular weight is 456 g/mol. The smallest absolute Gasteiger partial charge is 0.342 e. The van der Waals surface area contributed by atoms with E-state index >= 15 is 0 Å². The first-order valence-corrected chi connectivity index (χ1v) is 10.5. The molecule has 0 fully saturated rings. The maximum atomic E-state index is 13.2. The highest BCUT2D eigenvalue weighted by Gasteiger charge is 2.31. The molecule has 0 unspecified atom stereocenters. The molecule has 0 saturated carbocycles. The molecule has 9 heteroatoms. The molecule has 1 heterocycles. The summed E-state index contributed by atoms with van der Waals surface area (Å²) in [4.78, 5) is 37.1. The SMILES string of the molecule is CCOC(=O)c1c(C(=O)Nc2ccccc2)nn(-c2cccc([N+](=O)[O-])c2)c1-c1ccccc1. The molecule has 0 bridgehead atoms. The average Bonchev–Trinajstić information content (AvgIpc) is 3.26. The molecule has 34 heavy (non-hydrogen) atoms. The molecule has 0 radical (unpaired) electrons. The van der Waals surface area contributed by atoms with E-state index in [1.807, 2.05) is 12.1 Å². The van der Waals surface area contributed by atoms with E-state index in [0.29, 0.717) is 16.9 Å². The second-order valence-corrected chi connectivity index (χ2v) is 7.17. The number of nitrogens with zero attached hydrogens (tertiary/aromatic N) is 3. The number of hydrogen-bond acceptors (Lipinski definition) is 6. The number of amides is 1. The number of anilines is 1. The van der Waals surface area contributed by atoms with Crippen molar-refractivity contribution >= 4 is 23.3 Å². The van der Waals surface area contributed by atoms with Crippen molar-refractivity contribution in [1.29, 1.82) is 0 Å². The fourth-order valence-corrected chi connectivity index (χ4v) is 3.47. The van der Waals surface area contributed by atoms with Gasteiger partial charge in [-0.15, -0.1) is 0 Å². The van der Waals surface area contributed by atoms with Crippen LogP contribution in [0.5, 0.6) is 0 Å². The molecule has 1 N–H and O–H groups in total. The van der Waals surface area contributed by atoms with E-state index in [9.17, 15) is 19.7 Å². The molecular formula is C25H20N4O5. The van der Waals surface area contributed by atoms with Crippen molar-refractivity contribution in [2.75, 3.05) is 11.9 Å². The molecule has 1 amide bonds. The summed E-state index contributed by atoms with van der Waals surface area (Å²) in [6.45, 7) is 1.75. The monoisotopic (exact) mass is 456 g/mol. The number of para-hydroxylation sites is 1. The minimum Gasteiger partial charge on any atom is -0.462 e. The van der Waals surface area contributed by atoms with Crippen LogP contribution in [-0.4, -0.2) is 33.2 Å². The quantitative estimate of drug-likeness (QED) is 0.241. The predicted octanol–water partition coefficient (Wildman–Crippen LogP) is 4.88. The van der Waals surface area contributed by atoms with Crippen molar-refractivity contribution in [3.05, 3.63) is 106 Å². The third kappa shape index (κ3) is 4.53. The summed E-state index contributed by atoms with van der Waals surface area (Å²) in [5.74, 6) is -1.34. The van der Waals surface area contributed by atoms with E-state index < -0.39 is 16.8 Å². The van der Waals surface area contributed by atoms with E-state index in [4.69, 9.17) is 4.74 Å². The Morgan fingerprint density at radius 2 is 1.68 bits per heavy atom. The van der Waals surface area contributed by atoms with E-state index in [1.165, 1.54) is 22.9 Å². The van der Waals surface area contributed by atoms with Gasteiger partial charge in [-0.05, 0) is 25.1 Å². The van der Waals surface area contributed by atoms with Crippen LogP contribution in [0.25, 0.3) is 16.9 Å². The molecule has 0 atom stereocenters. The summed E-state index contributed by atoms with van der Waals surface area (Å²) in [6.07, 6.45) is 0. The number of esters is 1. The van der Waals surface area contributed by atoms with Crippen molar-refractivity contribution in [1.82, 2.24) is 9.78 Å². The summed E-state index contributed by atoms with van der Waals surface area (Å²) in [5.41, 5.74) is 1.37. The van der Waals surface area contributed by atoms with Gasteiger partial charge in [0, 0.05) is 23.4 Å². The molecule has 0 spiro atoms. The van der Waals surface area contributed by atoms with Crippen molar-refractivity contribution in [3.8, 4) is 16.9 Å². The van der Waals surface area contributed by atoms with E-state index in [2.05, 4.69) is 10.4 Å². The Hall–Kier alpha value is -4.79. The van der Waals surface area contributed by atoms with Gasteiger partial charge in [0.1, 0.15) is 5.56 Å². The van der Waals surface area contributed by atoms with Crippen molar-refractivity contribution in [3.63, 3.8) is 0 Å². The Labute approximate surface area is 194 Å². The fraction of sp³-hybridized carbons (Fsp3) is 0.0800. The minimum atomic E-state index is -0.726. The van der Waals surface area contributed by atoms with Crippen molar-refractivity contribution in [2.45, 2.75) is 6.92 Å². The number of carbonyl (C=O) groups excluding carboxylic acids is 2. The number of rotatable bonds is 7. The minimum absolute atomic E-state index is 0.0343. The zero-order chi connectivity index (χ0) is 24.1. The van der Waals surface area contributed by atoms with Gasteiger partial charge in [-0.3, -0.25) is 14.9 Å². The lowest BCUT2D eigenvalue weighted by Crippen LogP contribution is -2.17. The van der Waals surface area contributed by atoms with Gasteiger partial charge in [-0.1, -0.05) is 54.6 Å². The number of carbonyl (C=O) groups is 2. The van der Waals surface area contributed by atoms with Gasteiger partial charge in [-0.25, -0.2) is 9.48 Å². The van der Waals surface area contributed by atoms with Crippen LogP contribution in [-0.2, 0) is 4.74 Å². The highest BCUT2D eigenvalue weighted by atomic mass is 16.6. The lowest BCUT2D eigenvalue weighted by Gasteiger charge is -2.10. The Morgan fingerprint density at radius 1 is 1.00 bits per heavy atom. The number of benzene rings is 3. The molecule has 0 aliphatic heterocycles. The highest BCUT2D eigenvalue weighted by molar-refractivity contribution is 6.12. The van der Waals surface area contributed by atoms with Crippen LogP contribution in [0.15, 0.2) is 84.9 Å². The molecule has 0 aliphatic carbocycles. The number of hydrogen-bond donors (Lipinski definition) is 1. The van der Waals surface area contributed by atoms with Crippen LogP contribution in [0.4, 0.5) is 11.4 Å². The summed E-state index contributed by atoms with van der Waals surface area (Å²) in [6, 6.07) is 23.4. The van der Waals surface area contributed by atoms with E-state index in [-0.39, 0.29) is 29.2 Å². The highest BCUT2D eigenvalue weighted by Crippen LogP contribution is 2.31. The fourth-order valence-electron chi connectivity index (χ4n) is 3.47. The molecule has 4 rings (SSSR count). The van der Waals surface area contributed by atoms with Gasteiger partial charge in [0.15, 0.2) is 5.69 Å². The summed E-state index contributed by atoms with van der Waals surface area (Å²) in [7, 11) is 0. The normalized spacial score (nSPS) is 10.5. The molecule has 3 aromatic carbocycles. The largest absolute Gasteiger partial charge is 0.462 e. The molecular weight excluding hydrogens is 436 g/mol. The second-order valence-electron chi connectivity index (χ2n) is 7.17. The molecule has 1 aromatic heterocycles. The van der Waals surface area contributed by atoms with Gasteiger partial charge in [0.05, 0.1) is 22.9 Å².